The van der Waals surface area contributed by atoms with Gasteiger partial charge in [0.05, 0.1) is 11.7 Å². The van der Waals surface area contributed by atoms with Crippen LogP contribution in [0.4, 0.5) is 0 Å². The normalized spacial score (nSPS) is 16.4. The monoisotopic (exact) mass is 376 g/mol. The molecule has 1 heterocycles. The molecule has 1 aliphatic heterocycles. The number of hydrogen-bond donors (Lipinski definition) is 3. The van der Waals surface area contributed by atoms with Crippen molar-refractivity contribution in [3.63, 3.8) is 0 Å². The van der Waals surface area contributed by atoms with Crippen molar-refractivity contribution in [2.75, 3.05) is 19.8 Å². The van der Waals surface area contributed by atoms with E-state index in [0.29, 0.717) is 45.3 Å². The van der Waals surface area contributed by atoms with E-state index in [-0.39, 0.29) is 18.7 Å². The first kappa shape index (κ1) is 21.7. The van der Waals surface area contributed by atoms with Crippen molar-refractivity contribution in [3.8, 4) is 0 Å². The van der Waals surface area contributed by atoms with Gasteiger partial charge in [0, 0.05) is 25.5 Å². The lowest BCUT2D eigenvalue weighted by atomic mass is 10.1. The molecule has 0 aliphatic carbocycles. The fourth-order valence-corrected chi connectivity index (χ4v) is 4.54. The number of nitrogens with one attached hydrogen (secondary N) is 2. The van der Waals surface area contributed by atoms with Crippen LogP contribution in [0.2, 0.25) is 0 Å². The van der Waals surface area contributed by atoms with E-state index in [4.69, 9.17) is 15.3 Å². The van der Waals surface area contributed by atoms with Crippen LogP contribution in [-0.4, -0.2) is 60.9 Å². The van der Waals surface area contributed by atoms with Crippen molar-refractivity contribution < 1.29 is 27.9 Å². The van der Waals surface area contributed by atoms with Crippen LogP contribution in [0, 0.1) is 5.41 Å². The average molecular weight is 376 g/mol. The minimum absolute atomic E-state index is 0.0240. The molecule has 1 saturated heterocycles. The minimum atomic E-state index is -3.78. The van der Waals surface area contributed by atoms with Crippen LogP contribution in [0.5, 0.6) is 0 Å². The molecule has 8 nitrogen and oxygen atoms in total. The molecule has 3 N–H and O–H groups in total. The maximum Gasteiger partial charge on any atom is 0.247 e. The molecule has 144 valence electrons. The summed E-state index contributed by atoms with van der Waals surface area (Å²) in [5.41, 5.74) is 0.142. The van der Waals surface area contributed by atoms with Crippen molar-refractivity contribution in [1.82, 2.24) is 5.32 Å². The molecule has 0 aromatic rings. The van der Waals surface area contributed by atoms with Crippen molar-refractivity contribution in [3.05, 3.63) is 0 Å². The molecule has 2 amide bonds. The molecule has 0 atom stereocenters. The van der Waals surface area contributed by atoms with E-state index in [9.17, 15) is 18.0 Å². The van der Waals surface area contributed by atoms with Gasteiger partial charge in [-0.3, -0.25) is 14.9 Å². The molecule has 0 unspecified atom stereocenters. The first-order valence-electron chi connectivity index (χ1n) is 8.45. The number of carbonyl (C=O) groups is 2. The molecule has 25 heavy (non-hydrogen) atoms. The van der Waals surface area contributed by atoms with E-state index in [2.05, 4.69) is 5.32 Å². The lowest BCUT2D eigenvalue weighted by Gasteiger charge is -2.30. The second kappa shape index (κ2) is 9.40. The highest BCUT2D eigenvalue weighted by Crippen LogP contribution is 2.27. The number of rotatable bonds is 9. The maximum atomic E-state index is 12.7. The number of ether oxygens (including phenoxy) is 1. The highest BCUT2D eigenvalue weighted by atomic mass is 32.2. The topological polar surface area (TPSA) is 134 Å². The molecule has 0 bridgehead atoms. The van der Waals surface area contributed by atoms with Crippen LogP contribution < -0.4 is 5.32 Å². The molecule has 1 rings (SSSR count). The lowest BCUT2D eigenvalue weighted by molar-refractivity contribution is -0.130. The maximum absolute atomic E-state index is 12.7. The molecule has 1 aliphatic rings. The van der Waals surface area contributed by atoms with Crippen LogP contribution in [-0.2, 0) is 24.2 Å². The summed E-state index contributed by atoms with van der Waals surface area (Å²) in [6.07, 6.45) is 1.89. The number of amides is 2. The zero-order valence-electron chi connectivity index (χ0n) is 14.8. The van der Waals surface area contributed by atoms with Gasteiger partial charge in [-0.1, -0.05) is 0 Å². The highest BCUT2D eigenvalue weighted by molar-refractivity contribution is 7.94. The number of imide groups is 1. The van der Waals surface area contributed by atoms with E-state index in [1.165, 1.54) is 13.8 Å². The molecule has 0 radical (unpaired) electrons. The van der Waals surface area contributed by atoms with Gasteiger partial charge in [-0.2, -0.15) is 0 Å². The predicted molar refractivity (Wildman–Crippen MR) is 93.3 cm³/mol. The van der Waals surface area contributed by atoms with Gasteiger partial charge in [-0.05, 0) is 46.0 Å². The van der Waals surface area contributed by atoms with E-state index >= 15 is 0 Å². The van der Waals surface area contributed by atoms with Gasteiger partial charge in [0.1, 0.15) is 4.75 Å². The largest absolute Gasteiger partial charge is 0.396 e. The third-order valence-corrected chi connectivity index (χ3v) is 7.34. The Kier molecular flexibility index (Phi) is 8.17. The summed E-state index contributed by atoms with van der Waals surface area (Å²) < 4.78 is 28.9. The second-order valence-corrected chi connectivity index (χ2v) is 9.48. The van der Waals surface area contributed by atoms with Crippen LogP contribution in [0.1, 0.15) is 52.4 Å². The van der Waals surface area contributed by atoms with Gasteiger partial charge in [-0.25, -0.2) is 8.42 Å². The molecule has 1 fully saturated rings. The highest BCUT2D eigenvalue weighted by Gasteiger charge is 2.47. The summed E-state index contributed by atoms with van der Waals surface area (Å²) in [5, 5.41) is 17.8. The van der Waals surface area contributed by atoms with Crippen molar-refractivity contribution in [2.45, 2.75) is 62.4 Å². The number of hydrogen-bond acceptors (Lipinski definition) is 7. The fourth-order valence-electron chi connectivity index (χ4n) is 2.59. The van der Waals surface area contributed by atoms with Crippen LogP contribution in [0.25, 0.3) is 0 Å². The van der Waals surface area contributed by atoms with Gasteiger partial charge in [0.25, 0.3) is 0 Å². The Morgan fingerprint density at radius 1 is 1.24 bits per heavy atom. The van der Waals surface area contributed by atoms with E-state index in [0.717, 1.165) is 0 Å². The first-order valence-corrected chi connectivity index (χ1v) is 10.00. The summed E-state index contributed by atoms with van der Waals surface area (Å²) in [6, 6.07) is 0. The van der Waals surface area contributed by atoms with E-state index in [1.807, 2.05) is 0 Å². The zero-order valence-corrected chi connectivity index (χ0v) is 15.7. The minimum Gasteiger partial charge on any atom is -0.396 e. The lowest BCUT2D eigenvalue weighted by Crippen LogP contribution is -2.53. The summed E-state index contributed by atoms with van der Waals surface area (Å²) in [7, 11) is -3.78. The second-order valence-electron chi connectivity index (χ2n) is 6.71. The Morgan fingerprint density at radius 3 is 2.40 bits per heavy atom. The standard InChI is InChI=1S/C16H28N2O6S/c1-16(2,25(22,23)13-6-9-24-10-7-13)15(21)18-14(20)11-12(17)5-3-4-8-19/h13,17,19H,3-11H2,1-2H3,(H,18,20,21). The molecule has 0 saturated carbocycles. The molecule has 0 aromatic heterocycles. The number of unbranched alkanes of at least 4 members (excludes halogenated alkanes) is 1. The Morgan fingerprint density at radius 2 is 1.84 bits per heavy atom. The summed E-state index contributed by atoms with van der Waals surface area (Å²) in [4.78, 5) is 24.3. The predicted octanol–water partition coefficient (Wildman–Crippen LogP) is 0.574. The van der Waals surface area contributed by atoms with E-state index in [1.54, 1.807) is 0 Å². The van der Waals surface area contributed by atoms with Gasteiger partial charge in [-0.15, -0.1) is 0 Å². The molecule has 0 spiro atoms. The SMILES string of the molecule is CC(C)(C(=O)NC(=O)CC(=N)CCCCO)S(=O)(=O)C1CCOCC1. The number of aliphatic hydroxyl groups excluding tert-OH is 1. The summed E-state index contributed by atoms with van der Waals surface area (Å²) in [5.74, 6) is -1.55. The average Bonchev–Trinajstić information content (AvgIpc) is 2.55. The smallest absolute Gasteiger partial charge is 0.247 e. The van der Waals surface area contributed by atoms with Crippen molar-refractivity contribution >= 4 is 27.4 Å². The third-order valence-electron chi connectivity index (χ3n) is 4.38. The van der Waals surface area contributed by atoms with Crippen molar-refractivity contribution in [1.29, 1.82) is 5.41 Å². The first-order chi connectivity index (χ1) is 11.6. The van der Waals surface area contributed by atoms with Crippen molar-refractivity contribution in [2.24, 2.45) is 0 Å². The number of aliphatic hydroxyl groups is 1. The Balaban J connectivity index is 2.64. The summed E-state index contributed by atoms with van der Waals surface area (Å²) in [6.45, 7) is 3.30. The Labute approximate surface area is 148 Å². The molecule has 9 heteroatoms. The van der Waals surface area contributed by atoms with Gasteiger partial charge >= 0.3 is 0 Å². The number of sulfone groups is 1. The van der Waals surface area contributed by atoms with Gasteiger partial charge in [0.2, 0.25) is 11.8 Å². The van der Waals surface area contributed by atoms with Gasteiger partial charge < -0.3 is 15.3 Å². The molecule has 0 aromatic carbocycles. The van der Waals surface area contributed by atoms with Crippen LogP contribution >= 0.6 is 0 Å². The zero-order chi connectivity index (χ0) is 19.1. The fraction of sp³-hybridized carbons (Fsp3) is 0.812. The number of carbonyl (C=O) groups excluding carboxylic acids is 2. The van der Waals surface area contributed by atoms with Gasteiger partial charge in [0.15, 0.2) is 9.84 Å². The molecular formula is C16H28N2O6S. The quantitative estimate of drug-likeness (QED) is 0.398. The van der Waals surface area contributed by atoms with Crippen LogP contribution in [0.3, 0.4) is 0 Å². The Bertz CT molecular complexity index is 594. The van der Waals surface area contributed by atoms with Crippen LogP contribution in [0.15, 0.2) is 0 Å². The Hall–Kier alpha value is -1.32. The summed E-state index contributed by atoms with van der Waals surface area (Å²) >= 11 is 0. The molecular weight excluding hydrogens is 348 g/mol. The van der Waals surface area contributed by atoms with E-state index < -0.39 is 31.6 Å². The third kappa shape index (κ3) is 5.86.